The van der Waals surface area contributed by atoms with Crippen LogP contribution in [-0.4, -0.2) is 48.2 Å². The predicted molar refractivity (Wildman–Crippen MR) is 157 cm³/mol. The normalized spacial score (nSPS) is 10.8. The zero-order chi connectivity index (χ0) is 26.9. The van der Waals surface area contributed by atoms with Crippen molar-refractivity contribution in [2.24, 2.45) is 0 Å². The van der Waals surface area contributed by atoms with Crippen molar-refractivity contribution < 1.29 is 9.47 Å². The molecule has 0 bridgehead atoms. The number of ether oxygens (including phenoxy) is 2. The summed E-state index contributed by atoms with van der Waals surface area (Å²) < 4.78 is 11.5. The predicted octanol–water partition coefficient (Wildman–Crippen LogP) is 6.51. The number of anilines is 3. The van der Waals surface area contributed by atoms with Gasteiger partial charge in [-0.05, 0) is 60.6 Å². The van der Waals surface area contributed by atoms with E-state index in [0.717, 1.165) is 59.0 Å². The molecule has 0 radical (unpaired) electrons. The van der Waals surface area contributed by atoms with Crippen molar-refractivity contribution >= 4 is 23.5 Å². The Morgan fingerprint density at radius 1 is 0.921 bits per heavy atom. The standard InChI is InChI=1S/C31H35N5O2/c1-5-22-12-14-23(15-13-22)28-29(24-16-18-25(19-17-24)38-21-20-36(6-2)7-3)34-31(32)35-30(28)33-26-10-8-9-11-27(26)37-4/h5,8-19H,1,6-7,20-21H2,2-4H3,(H3,32,33,34,35). The molecule has 4 rings (SSSR count). The van der Waals surface area contributed by atoms with Crippen molar-refractivity contribution in [3.8, 4) is 33.9 Å². The van der Waals surface area contributed by atoms with E-state index in [9.17, 15) is 0 Å². The van der Waals surface area contributed by atoms with Gasteiger partial charge in [-0.1, -0.05) is 62.9 Å². The minimum Gasteiger partial charge on any atom is -0.495 e. The maximum Gasteiger partial charge on any atom is 0.222 e. The Morgan fingerprint density at radius 3 is 2.26 bits per heavy atom. The number of aromatic nitrogens is 2. The molecule has 0 aliphatic heterocycles. The van der Waals surface area contributed by atoms with Gasteiger partial charge in [0.25, 0.3) is 0 Å². The Labute approximate surface area is 225 Å². The maximum atomic E-state index is 6.23. The lowest BCUT2D eigenvalue weighted by atomic mass is 9.98. The Bertz CT molecular complexity index is 1350. The van der Waals surface area contributed by atoms with Gasteiger partial charge in [0.15, 0.2) is 0 Å². The number of para-hydroxylation sites is 2. The lowest BCUT2D eigenvalue weighted by molar-refractivity contribution is 0.223. The molecule has 0 unspecified atom stereocenters. The minimum absolute atomic E-state index is 0.170. The summed E-state index contributed by atoms with van der Waals surface area (Å²) in [6, 6.07) is 23.7. The lowest BCUT2D eigenvalue weighted by Gasteiger charge is -2.19. The summed E-state index contributed by atoms with van der Waals surface area (Å²) in [5, 5.41) is 3.43. The third-order valence-corrected chi connectivity index (χ3v) is 6.42. The maximum absolute atomic E-state index is 6.23. The second kappa shape index (κ2) is 12.7. The van der Waals surface area contributed by atoms with Crippen LogP contribution in [0.1, 0.15) is 19.4 Å². The Balaban J connectivity index is 1.73. The zero-order valence-corrected chi connectivity index (χ0v) is 22.3. The highest BCUT2D eigenvalue weighted by atomic mass is 16.5. The first-order chi connectivity index (χ1) is 18.6. The second-order valence-electron chi connectivity index (χ2n) is 8.71. The summed E-state index contributed by atoms with van der Waals surface area (Å²) in [7, 11) is 1.64. The molecular weight excluding hydrogens is 474 g/mol. The van der Waals surface area contributed by atoms with Crippen LogP contribution in [0.4, 0.5) is 17.5 Å². The third kappa shape index (κ3) is 6.30. The van der Waals surface area contributed by atoms with Gasteiger partial charge in [-0.3, -0.25) is 0 Å². The number of hydrogen-bond acceptors (Lipinski definition) is 7. The summed E-state index contributed by atoms with van der Waals surface area (Å²) >= 11 is 0. The average Bonchev–Trinajstić information content (AvgIpc) is 2.96. The van der Waals surface area contributed by atoms with E-state index in [0.29, 0.717) is 18.2 Å². The summed E-state index contributed by atoms with van der Waals surface area (Å²) in [5.74, 6) is 2.27. The van der Waals surface area contributed by atoms with Gasteiger partial charge in [-0.25, -0.2) is 4.98 Å². The van der Waals surface area contributed by atoms with Crippen LogP contribution in [-0.2, 0) is 0 Å². The van der Waals surface area contributed by atoms with E-state index >= 15 is 0 Å². The van der Waals surface area contributed by atoms with E-state index < -0.39 is 0 Å². The molecule has 3 aromatic carbocycles. The molecular formula is C31H35N5O2. The van der Waals surface area contributed by atoms with Gasteiger partial charge in [-0.15, -0.1) is 0 Å². The van der Waals surface area contributed by atoms with Crippen molar-refractivity contribution in [1.82, 2.24) is 14.9 Å². The average molecular weight is 510 g/mol. The molecule has 1 aromatic heterocycles. The van der Waals surface area contributed by atoms with Crippen LogP contribution < -0.4 is 20.5 Å². The first kappa shape index (κ1) is 26.7. The van der Waals surface area contributed by atoms with E-state index in [4.69, 9.17) is 15.2 Å². The van der Waals surface area contributed by atoms with Crippen LogP contribution in [0.25, 0.3) is 28.5 Å². The van der Waals surface area contributed by atoms with E-state index in [2.05, 4.69) is 40.6 Å². The monoisotopic (exact) mass is 509 g/mol. The van der Waals surface area contributed by atoms with Crippen LogP contribution >= 0.6 is 0 Å². The topological polar surface area (TPSA) is 85.5 Å². The van der Waals surface area contributed by atoms with Crippen LogP contribution in [0.2, 0.25) is 0 Å². The van der Waals surface area contributed by atoms with E-state index in [1.807, 2.05) is 78.9 Å². The van der Waals surface area contributed by atoms with Gasteiger partial charge >= 0.3 is 0 Å². The highest BCUT2D eigenvalue weighted by molar-refractivity contribution is 5.91. The minimum atomic E-state index is 0.170. The van der Waals surface area contributed by atoms with Crippen molar-refractivity contribution in [2.75, 3.05) is 44.4 Å². The number of likely N-dealkylation sites (N-methyl/N-ethyl adjacent to an activating group) is 1. The molecule has 0 spiro atoms. The molecule has 38 heavy (non-hydrogen) atoms. The lowest BCUT2D eigenvalue weighted by Crippen LogP contribution is -2.27. The van der Waals surface area contributed by atoms with Gasteiger partial charge in [0.1, 0.15) is 23.9 Å². The number of benzene rings is 3. The molecule has 0 atom stereocenters. The highest BCUT2D eigenvalue weighted by Gasteiger charge is 2.19. The Hall–Kier alpha value is -4.36. The molecule has 0 saturated carbocycles. The second-order valence-corrected chi connectivity index (χ2v) is 8.71. The van der Waals surface area contributed by atoms with Crippen molar-refractivity contribution in [3.63, 3.8) is 0 Å². The largest absolute Gasteiger partial charge is 0.495 e. The van der Waals surface area contributed by atoms with Crippen molar-refractivity contribution in [2.45, 2.75) is 13.8 Å². The van der Waals surface area contributed by atoms with E-state index in [1.54, 1.807) is 7.11 Å². The Morgan fingerprint density at radius 2 is 1.61 bits per heavy atom. The van der Waals surface area contributed by atoms with E-state index in [-0.39, 0.29) is 5.95 Å². The summed E-state index contributed by atoms with van der Waals surface area (Å²) in [6.07, 6.45) is 1.82. The van der Waals surface area contributed by atoms with Crippen LogP contribution in [0.3, 0.4) is 0 Å². The van der Waals surface area contributed by atoms with Crippen molar-refractivity contribution in [1.29, 1.82) is 0 Å². The smallest absolute Gasteiger partial charge is 0.222 e. The number of hydrogen-bond donors (Lipinski definition) is 2. The zero-order valence-electron chi connectivity index (χ0n) is 22.3. The van der Waals surface area contributed by atoms with Crippen LogP contribution in [0.15, 0.2) is 79.4 Å². The molecule has 0 aliphatic rings. The first-order valence-corrected chi connectivity index (χ1v) is 12.8. The van der Waals surface area contributed by atoms with Gasteiger partial charge < -0.3 is 25.4 Å². The summed E-state index contributed by atoms with van der Waals surface area (Å²) in [5.41, 5.74) is 11.4. The molecule has 4 aromatic rings. The number of nitrogens with two attached hydrogens (primary N) is 1. The number of nitrogens with zero attached hydrogens (tertiary/aromatic N) is 3. The molecule has 196 valence electrons. The van der Waals surface area contributed by atoms with Gasteiger partial charge in [-0.2, -0.15) is 4.98 Å². The molecule has 0 aliphatic carbocycles. The van der Waals surface area contributed by atoms with Gasteiger partial charge in [0.2, 0.25) is 5.95 Å². The summed E-state index contributed by atoms with van der Waals surface area (Å²) in [4.78, 5) is 11.6. The number of methoxy groups -OCH3 is 1. The fourth-order valence-electron chi connectivity index (χ4n) is 4.25. The number of rotatable bonds is 12. The molecule has 0 amide bonds. The molecule has 7 heteroatoms. The summed E-state index contributed by atoms with van der Waals surface area (Å²) in [6.45, 7) is 11.7. The van der Waals surface area contributed by atoms with Gasteiger partial charge in [0.05, 0.1) is 24.1 Å². The van der Waals surface area contributed by atoms with Crippen LogP contribution in [0.5, 0.6) is 11.5 Å². The molecule has 0 saturated heterocycles. The van der Waals surface area contributed by atoms with Crippen molar-refractivity contribution in [3.05, 3.63) is 84.9 Å². The fraction of sp³-hybridized carbons (Fsp3) is 0.226. The Kier molecular flexibility index (Phi) is 8.95. The molecule has 3 N–H and O–H groups in total. The first-order valence-electron chi connectivity index (χ1n) is 12.8. The quantitative estimate of drug-likeness (QED) is 0.225. The third-order valence-electron chi connectivity index (χ3n) is 6.42. The number of nitrogen functional groups attached to an aromatic ring is 1. The molecule has 0 fully saturated rings. The number of nitrogens with one attached hydrogen (secondary N) is 1. The molecule has 7 nitrogen and oxygen atoms in total. The highest BCUT2D eigenvalue weighted by Crippen LogP contribution is 2.39. The van der Waals surface area contributed by atoms with E-state index in [1.165, 1.54) is 0 Å². The fourth-order valence-corrected chi connectivity index (χ4v) is 4.25. The van der Waals surface area contributed by atoms with Gasteiger partial charge in [0, 0.05) is 12.1 Å². The van der Waals surface area contributed by atoms with Crippen LogP contribution in [0, 0.1) is 0 Å². The SMILES string of the molecule is C=Cc1ccc(-c2c(Nc3ccccc3OC)nc(N)nc2-c2ccc(OCCN(CC)CC)cc2)cc1. The molecule has 1 heterocycles.